The van der Waals surface area contributed by atoms with Crippen LogP contribution in [0.25, 0.3) is 0 Å². The number of nitrogens with zero attached hydrogens (tertiary/aromatic N) is 1. The summed E-state index contributed by atoms with van der Waals surface area (Å²) in [6, 6.07) is 14.2. The van der Waals surface area contributed by atoms with Crippen LogP contribution in [0.5, 0.6) is 5.75 Å². The van der Waals surface area contributed by atoms with E-state index >= 15 is 0 Å². The van der Waals surface area contributed by atoms with Gasteiger partial charge in [-0.05, 0) is 48.9 Å². The minimum atomic E-state index is -0.587. The maximum atomic E-state index is 11.9. The second-order valence-electron chi connectivity index (χ2n) is 6.53. The first-order valence-electron chi connectivity index (χ1n) is 9.39. The quantitative estimate of drug-likeness (QED) is 0.356. The van der Waals surface area contributed by atoms with E-state index < -0.39 is 5.91 Å². The summed E-state index contributed by atoms with van der Waals surface area (Å²) in [5.41, 5.74) is 6.44. The monoisotopic (exact) mass is 431 g/mol. The molecule has 0 saturated heterocycles. The van der Waals surface area contributed by atoms with E-state index in [2.05, 4.69) is 20.9 Å². The van der Waals surface area contributed by atoms with E-state index in [1.807, 2.05) is 31.2 Å². The van der Waals surface area contributed by atoms with E-state index in [0.717, 1.165) is 11.3 Å². The number of nitrogens with two attached hydrogens (primary N) is 1. The lowest BCUT2D eigenvalue weighted by molar-refractivity contribution is -0.117. The molecule has 0 aliphatic rings. The van der Waals surface area contributed by atoms with Gasteiger partial charge in [0.1, 0.15) is 11.9 Å². The highest BCUT2D eigenvalue weighted by Gasteiger charge is 2.08. The molecule has 0 bridgehead atoms. The summed E-state index contributed by atoms with van der Waals surface area (Å²) in [7, 11) is 1.69. The van der Waals surface area contributed by atoms with Gasteiger partial charge in [0.25, 0.3) is 5.91 Å². The molecular formula is C21H26ClN5O3. The molecule has 9 heteroatoms. The molecule has 0 heterocycles. The number of halogens is 1. The van der Waals surface area contributed by atoms with Gasteiger partial charge in [0, 0.05) is 24.2 Å². The number of ether oxygens (including phenoxy) is 1. The summed E-state index contributed by atoms with van der Waals surface area (Å²) >= 11 is 5.88. The Balaban J connectivity index is 1.77. The van der Waals surface area contributed by atoms with Gasteiger partial charge in [0.05, 0.1) is 13.1 Å². The number of carbonyl (C=O) groups is 2. The van der Waals surface area contributed by atoms with Crippen molar-refractivity contribution in [2.75, 3.05) is 20.1 Å². The molecule has 1 unspecified atom stereocenters. The van der Waals surface area contributed by atoms with Crippen molar-refractivity contribution < 1.29 is 14.3 Å². The van der Waals surface area contributed by atoms with Crippen molar-refractivity contribution in [2.24, 2.45) is 10.7 Å². The number of aliphatic imine (C=N–C) groups is 1. The minimum Gasteiger partial charge on any atom is -0.489 e. The molecule has 1 atom stereocenters. The second-order valence-corrected chi connectivity index (χ2v) is 6.97. The van der Waals surface area contributed by atoms with Gasteiger partial charge in [-0.15, -0.1) is 0 Å². The molecular weight excluding hydrogens is 406 g/mol. The average Bonchev–Trinajstić information content (AvgIpc) is 2.74. The van der Waals surface area contributed by atoms with Crippen LogP contribution < -0.4 is 26.4 Å². The zero-order chi connectivity index (χ0) is 21.9. The number of guanidine groups is 1. The molecule has 0 aliphatic carbocycles. The van der Waals surface area contributed by atoms with Gasteiger partial charge in [-0.2, -0.15) is 0 Å². The lowest BCUT2D eigenvalue weighted by Gasteiger charge is -2.18. The van der Waals surface area contributed by atoms with Gasteiger partial charge >= 0.3 is 0 Å². The van der Waals surface area contributed by atoms with E-state index in [-0.39, 0.29) is 18.6 Å². The summed E-state index contributed by atoms with van der Waals surface area (Å²) in [6.45, 7) is 2.84. The van der Waals surface area contributed by atoms with Gasteiger partial charge in [0.15, 0.2) is 5.96 Å². The Morgan fingerprint density at radius 2 is 1.73 bits per heavy atom. The van der Waals surface area contributed by atoms with Crippen LogP contribution in [0.15, 0.2) is 53.5 Å². The maximum Gasteiger partial charge on any atom is 0.251 e. The van der Waals surface area contributed by atoms with Crippen LogP contribution in [0.4, 0.5) is 0 Å². The van der Waals surface area contributed by atoms with Crippen molar-refractivity contribution in [3.63, 3.8) is 0 Å². The van der Waals surface area contributed by atoms with Gasteiger partial charge in [-0.1, -0.05) is 23.7 Å². The van der Waals surface area contributed by atoms with Crippen molar-refractivity contribution in [3.05, 3.63) is 64.7 Å². The molecule has 8 nitrogen and oxygen atoms in total. The molecule has 0 spiro atoms. The van der Waals surface area contributed by atoms with Crippen molar-refractivity contribution in [1.29, 1.82) is 0 Å². The van der Waals surface area contributed by atoms with Crippen molar-refractivity contribution in [1.82, 2.24) is 16.0 Å². The first kappa shape index (κ1) is 23.0. The molecule has 2 amide bonds. The van der Waals surface area contributed by atoms with E-state index in [4.69, 9.17) is 22.1 Å². The van der Waals surface area contributed by atoms with Gasteiger partial charge in [-0.25, -0.2) is 0 Å². The standard InChI is InChI=1S/C21H26ClN5O3/c1-14(30-18-9-7-17(22)8-10-18)11-26-21(24-2)27-12-15-3-5-16(6-4-15)20(29)25-13-19(23)28/h3-10,14H,11-13H2,1-2H3,(H2,23,28)(H,25,29)(H2,24,26,27). The number of amides is 2. The van der Waals surface area contributed by atoms with Gasteiger partial charge in [-0.3, -0.25) is 14.6 Å². The van der Waals surface area contributed by atoms with E-state index in [0.29, 0.717) is 29.6 Å². The number of benzene rings is 2. The third kappa shape index (κ3) is 8.00. The van der Waals surface area contributed by atoms with Crippen LogP contribution in [0.3, 0.4) is 0 Å². The summed E-state index contributed by atoms with van der Waals surface area (Å²) in [5.74, 6) is 0.442. The van der Waals surface area contributed by atoms with Crippen molar-refractivity contribution >= 4 is 29.4 Å². The molecule has 160 valence electrons. The molecule has 0 radical (unpaired) electrons. The maximum absolute atomic E-state index is 11.9. The zero-order valence-electron chi connectivity index (χ0n) is 16.9. The summed E-state index contributed by atoms with van der Waals surface area (Å²) in [5, 5.41) is 9.53. The third-order valence-electron chi connectivity index (χ3n) is 4.03. The number of rotatable bonds is 9. The van der Waals surface area contributed by atoms with Gasteiger partial charge < -0.3 is 26.4 Å². The van der Waals surface area contributed by atoms with Crippen LogP contribution in [0, 0.1) is 0 Å². The number of nitrogens with one attached hydrogen (secondary N) is 3. The fourth-order valence-electron chi connectivity index (χ4n) is 2.48. The topological polar surface area (TPSA) is 118 Å². The van der Waals surface area contributed by atoms with Crippen molar-refractivity contribution in [2.45, 2.75) is 19.6 Å². The fourth-order valence-corrected chi connectivity index (χ4v) is 2.60. The summed E-state index contributed by atoms with van der Waals surface area (Å²) in [6.07, 6.45) is -0.0806. The number of primary amides is 1. The Labute approximate surface area is 180 Å². The molecule has 0 aromatic heterocycles. The van der Waals surface area contributed by atoms with Crippen LogP contribution >= 0.6 is 11.6 Å². The minimum absolute atomic E-state index is 0.0806. The molecule has 0 aliphatic heterocycles. The summed E-state index contributed by atoms with van der Waals surface area (Å²) < 4.78 is 5.83. The number of hydrogen-bond donors (Lipinski definition) is 4. The van der Waals surface area contributed by atoms with Crippen LogP contribution in [-0.2, 0) is 11.3 Å². The van der Waals surface area contributed by atoms with Crippen LogP contribution in [-0.4, -0.2) is 44.0 Å². The highest BCUT2D eigenvalue weighted by molar-refractivity contribution is 6.30. The molecule has 0 fully saturated rings. The largest absolute Gasteiger partial charge is 0.489 e. The Morgan fingerprint density at radius 1 is 1.07 bits per heavy atom. The predicted molar refractivity (Wildman–Crippen MR) is 118 cm³/mol. The number of carbonyl (C=O) groups excluding carboxylic acids is 2. The van der Waals surface area contributed by atoms with E-state index in [9.17, 15) is 9.59 Å². The van der Waals surface area contributed by atoms with E-state index in [1.54, 1.807) is 31.3 Å². The lowest BCUT2D eigenvalue weighted by atomic mass is 10.1. The molecule has 5 N–H and O–H groups in total. The Bertz CT molecular complexity index is 869. The smallest absolute Gasteiger partial charge is 0.251 e. The third-order valence-corrected chi connectivity index (χ3v) is 4.28. The SMILES string of the molecule is CN=C(NCc1ccc(C(=O)NCC(N)=O)cc1)NCC(C)Oc1ccc(Cl)cc1. The Hall–Kier alpha value is -3.26. The van der Waals surface area contributed by atoms with E-state index in [1.165, 1.54) is 0 Å². The first-order chi connectivity index (χ1) is 14.4. The normalized spacial score (nSPS) is 12.0. The predicted octanol–water partition coefficient (Wildman–Crippen LogP) is 1.69. The molecule has 30 heavy (non-hydrogen) atoms. The van der Waals surface area contributed by atoms with Crippen LogP contribution in [0.1, 0.15) is 22.8 Å². The highest BCUT2D eigenvalue weighted by atomic mass is 35.5. The molecule has 2 aromatic carbocycles. The second kappa shape index (κ2) is 11.7. The Morgan fingerprint density at radius 3 is 2.33 bits per heavy atom. The molecule has 0 saturated carbocycles. The molecule has 2 aromatic rings. The average molecular weight is 432 g/mol. The van der Waals surface area contributed by atoms with Crippen molar-refractivity contribution in [3.8, 4) is 5.75 Å². The first-order valence-corrected chi connectivity index (χ1v) is 9.77. The Kier molecular flexibility index (Phi) is 8.96. The summed E-state index contributed by atoms with van der Waals surface area (Å²) in [4.78, 5) is 26.8. The van der Waals surface area contributed by atoms with Gasteiger partial charge in [0.2, 0.25) is 5.91 Å². The number of hydrogen-bond acceptors (Lipinski definition) is 4. The highest BCUT2D eigenvalue weighted by Crippen LogP contribution is 2.16. The fraction of sp³-hybridized carbons (Fsp3) is 0.286. The zero-order valence-corrected chi connectivity index (χ0v) is 17.7. The van der Waals surface area contributed by atoms with Crippen LogP contribution in [0.2, 0.25) is 5.02 Å². The molecule has 2 rings (SSSR count). The lowest BCUT2D eigenvalue weighted by Crippen LogP contribution is -2.41.